The first-order valence-corrected chi connectivity index (χ1v) is 7.01. The van der Waals surface area contributed by atoms with E-state index < -0.39 is 0 Å². The number of nitrogens with one attached hydrogen (secondary N) is 1. The number of aromatic nitrogens is 2. The summed E-state index contributed by atoms with van der Waals surface area (Å²) < 4.78 is 11.5. The summed E-state index contributed by atoms with van der Waals surface area (Å²) in [6, 6.07) is 5.49. The van der Waals surface area contributed by atoms with Crippen LogP contribution in [0.2, 0.25) is 5.02 Å². The summed E-state index contributed by atoms with van der Waals surface area (Å²) in [6.07, 6.45) is 0. The quantitative estimate of drug-likeness (QED) is 0.908. The second-order valence-corrected chi connectivity index (χ2v) is 5.43. The van der Waals surface area contributed by atoms with Crippen molar-refractivity contribution < 1.29 is 9.26 Å². The molecule has 1 atom stereocenters. The second-order valence-electron chi connectivity index (χ2n) is 4.17. The van der Waals surface area contributed by atoms with Gasteiger partial charge in [-0.2, -0.15) is 4.98 Å². The molecule has 1 aliphatic heterocycles. The van der Waals surface area contributed by atoms with E-state index in [1.165, 1.54) is 0 Å². The Hall–Kier alpha value is -0.950. The Morgan fingerprint density at radius 2 is 2.32 bits per heavy atom. The van der Waals surface area contributed by atoms with Crippen molar-refractivity contribution in [1.29, 1.82) is 0 Å². The number of rotatable bonds is 2. The van der Waals surface area contributed by atoms with Crippen molar-refractivity contribution >= 4 is 27.5 Å². The van der Waals surface area contributed by atoms with E-state index in [9.17, 15) is 0 Å². The first kappa shape index (κ1) is 13.1. The molecule has 0 spiro atoms. The largest absolute Gasteiger partial charge is 0.378 e. The highest BCUT2D eigenvalue weighted by Gasteiger charge is 2.21. The van der Waals surface area contributed by atoms with Gasteiger partial charge in [0.1, 0.15) is 0 Å². The van der Waals surface area contributed by atoms with Crippen LogP contribution < -0.4 is 5.32 Å². The van der Waals surface area contributed by atoms with Gasteiger partial charge in [0, 0.05) is 16.6 Å². The fourth-order valence-electron chi connectivity index (χ4n) is 1.85. The molecule has 1 saturated heterocycles. The van der Waals surface area contributed by atoms with E-state index in [4.69, 9.17) is 20.9 Å². The zero-order valence-electron chi connectivity index (χ0n) is 9.90. The van der Waals surface area contributed by atoms with Gasteiger partial charge in [0.05, 0.1) is 24.3 Å². The summed E-state index contributed by atoms with van der Waals surface area (Å²) in [4.78, 5) is 4.38. The molecule has 1 N–H and O–H groups in total. The predicted octanol–water partition coefficient (Wildman–Crippen LogP) is 2.81. The Kier molecular flexibility index (Phi) is 3.83. The van der Waals surface area contributed by atoms with Crippen molar-refractivity contribution in [3.05, 3.63) is 33.5 Å². The molecule has 1 aromatic carbocycles. The topological polar surface area (TPSA) is 60.2 Å². The first-order valence-electron chi connectivity index (χ1n) is 5.84. The van der Waals surface area contributed by atoms with Gasteiger partial charge in [0.2, 0.25) is 0 Å². The highest BCUT2D eigenvalue weighted by Crippen LogP contribution is 2.28. The van der Waals surface area contributed by atoms with Crippen molar-refractivity contribution in [2.45, 2.75) is 6.04 Å². The Balaban J connectivity index is 1.85. The average molecular weight is 345 g/mol. The van der Waals surface area contributed by atoms with Crippen molar-refractivity contribution in [3.63, 3.8) is 0 Å². The number of morpholine rings is 1. The van der Waals surface area contributed by atoms with E-state index in [0.717, 1.165) is 16.6 Å². The van der Waals surface area contributed by atoms with Gasteiger partial charge in [-0.05, 0) is 34.1 Å². The lowest BCUT2D eigenvalue weighted by molar-refractivity contribution is 0.0734. The zero-order chi connectivity index (χ0) is 13.2. The van der Waals surface area contributed by atoms with Crippen LogP contribution in [0, 0.1) is 0 Å². The summed E-state index contributed by atoms with van der Waals surface area (Å²) in [5, 5.41) is 7.87. The van der Waals surface area contributed by atoms with Crippen LogP contribution in [0.3, 0.4) is 0 Å². The summed E-state index contributed by atoms with van der Waals surface area (Å²) in [6.45, 7) is 2.06. The Morgan fingerprint density at radius 3 is 3.05 bits per heavy atom. The molecule has 1 aliphatic rings. The van der Waals surface area contributed by atoms with Crippen molar-refractivity contribution in [3.8, 4) is 11.5 Å². The predicted molar refractivity (Wildman–Crippen MR) is 74.0 cm³/mol. The van der Waals surface area contributed by atoms with E-state index in [1.54, 1.807) is 6.07 Å². The van der Waals surface area contributed by atoms with Crippen LogP contribution in [0.25, 0.3) is 11.5 Å². The SMILES string of the molecule is Clc1cc(-c2nc(C3COCCN3)no2)ccc1Br. The van der Waals surface area contributed by atoms with Gasteiger partial charge < -0.3 is 14.6 Å². The molecular formula is C12H11BrClN3O2. The molecule has 7 heteroatoms. The van der Waals surface area contributed by atoms with Crippen molar-refractivity contribution in [2.75, 3.05) is 19.8 Å². The number of hydrogen-bond acceptors (Lipinski definition) is 5. The minimum Gasteiger partial charge on any atom is -0.378 e. The first-order chi connectivity index (χ1) is 9.24. The molecule has 1 aromatic heterocycles. The van der Waals surface area contributed by atoms with Crippen LogP contribution in [-0.4, -0.2) is 29.9 Å². The van der Waals surface area contributed by atoms with Gasteiger partial charge in [0.25, 0.3) is 5.89 Å². The standard InChI is InChI=1S/C12H11BrClN3O2/c13-8-2-1-7(5-9(8)14)12-16-11(17-19-12)10-6-18-4-3-15-10/h1-2,5,10,15H,3-4,6H2. The molecule has 0 radical (unpaired) electrons. The molecule has 5 nitrogen and oxygen atoms in total. The minimum atomic E-state index is -0.0165. The third-order valence-electron chi connectivity index (χ3n) is 2.84. The molecule has 0 bridgehead atoms. The minimum absolute atomic E-state index is 0.0165. The molecule has 0 saturated carbocycles. The maximum absolute atomic E-state index is 6.05. The van der Waals surface area contributed by atoms with Crippen LogP contribution in [-0.2, 0) is 4.74 Å². The van der Waals surface area contributed by atoms with Crippen molar-refractivity contribution in [1.82, 2.24) is 15.5 Å². The summed E-state index contributed by atoms with van der Waals surface area (Å²) in [7, 11) is 0. The molecule has 2 heterocycles. The van der Waals surface area contributed by atoms with Gasteiger partial charge >= 0.3 is 0 Å². The molecule has 0 amide bonds. The fourth-order valence-corrected chi connectivity index (χ4v) is 2.28. The second kappa shape index (κ2) is 5.58. The maximum atomic E-state index is 6.05. The molecular weight excluding hydrogens is 334 g/mol. The van der Waals surface area contributed by atoms with Crippen molar-refractivity contribution in [2.24, 2.45) is 0 Å². The van der Waals surface area contributed by atoms with Gasteiger partial charge in [-0.25, -0.2) is 0 Å². The summed E-state index contributed by atoms with van der Waals surface area (Å²) >= 11 is 9.39. The number of ether oxygens (including phenoxy) is 1. The van der Waals surface area contributed by atoms with E-state index in [1.807, 2.05) is 12.1 Å². The molecule has 100 valence electrons. The number of halogens is 2. The molecule has 1 unspecified atom stereocenters. The molecule has 1 fully saturated rings. The van der Waals surface area contributed by atoms with E-state index in [2.05, 4.69) is 31.4 Å². The van der Waals surface area contributed by atoms with E-state index in [0.29, 0.717) is 30.0 Å². The molecule has 19 heavy (non-hydrogen) atoms. The lowest BCUT2D eigenvalue weighted by atomic mass is 10.2. The Morgan fingerprint density at radius 1 is 1.42 bits per heavy atom. The lowest BCUT2D eigenvalue weighted by Crippen LogP contribution is -2.35. The number of benzene rings is 1. The third-order valence-corrected chi connectivity index (χ3v) is 4.07. The zero-order valence-corrected chi connectivity index (χ0v) is 12.2. The average Bonchev–Trinajstić information content (AvgIpc) is 2.93. The van der Waals surface area contributed by atoms with Gasteiger partial charge in [-0.15, -0.1) is 0 Å². The normalized spacial score (nSPS) is 19.6. The van der Waals surface area contributed by atoms with E-state index in [-0.39, 0.29) is 6.04 Å². The van der Waals surface area contributed by atoms with Gasteiger partial charge in [-0.1, -0.05) is 16.8 Å². The van der Waals surface area contributed by atoms with Crippen LogP contribution in [0.15, 0.2) is 27.2 Å². The third kappa shape index (κ3) is 2.81. The summed E-state index contributed by atoms with van der Waals surface area (Å²) in [5.74, 6) is 1.06. The number of hydrogen-bond donors (Lipinski definition) is 1. The van der Waals surface area contributed by atoms with Gasteiger partial charge in [-0.3, -0.25) is 0 Å². The van der Waals surface area contributed by atoms with Crippen LogP contribution in [0.4, 0.5) is 0 Å². The molecule has 0 aliphatic carbocycles. The monoisotopic (exact) mass is 343 g/mol. The van der Waals surface area contributed by atoms with Crippen LogP contribution >= 0.6 is 27.5 Å². The smallest absolute Gasteiger partial charge is 0.258 e. The van der Waals surface area contributed by atoms with Gasteiger partial charge in [0.15, 0.2) is 5.82 Å². The molecule has 3 rings (SSSR count). The fraction of sp³-hybridized carbons (Fsp3) is 0.333. The van der Waals surface area contributed by atoms with Crippen LogP contribution in [0.1, 0.15) is 11.9 Å². The highest BCUT2D eigenvalue weighted by molar-refractivity contribution is 9.10. The highest BCUT2D eigenvalue weighted by atomic mass is 79.9. The Labute approximate surface area is 123 Å². The maximum Gasteiger partial charge on any atom is 0.258 e. The summed E-state index contributed by atoms with van der Waals surface area (Å²) in [5.41, 5.74) is 0.795. The number of nitrogens with zero attached hydrogens (tertiary/aromatic N) is 2. The van der Waals surface area contributed by atoms with E-state index >= 15 is 0 Å². The lowest BCUT2D eigenvalue weighted by Gasteiger charge is -2.20. The van der Waals surface area contributed by atoms with Crippen LogP contribution in [0.5, 0.6) is 0 Å². The molecule has 2 aromatic rings. The Bertz CT molecular complexity index is 584.